The van der Waals surface area contributed by atoms with Gasteiger partial charge in [-0.05, 0) is 12.1 Å². The van der Waals surface area contributed by atoms with E-state index in [0.717, 1.165) is 0 Å². The van der Waals surface area contributed by atoms with Gasteiger partial charge >= 0.3 is 11.9 Å². The van der Waals surface area contributed by atoms with Crippen molar-refractivity contribution in [2.75, 3.05) is 39.3 Å². The number of nitriles is 1. The number of hydrogen-bond acceptors (Lipinski definition) is 7. The molecule has 0 fully saturated rings. The van der Waals surface area contributed by atoms with E-state index < -0.39 is 11.9 Å². The third-order valence-electron chi connectivity index (χ3n) is 2.76. The van der Waals surface area contributed by atoms with E-state index in [1.165, 1.54) is 26.2 Å². The standard InChI is InChI=1S/C14H16N2O5/c1-19-11-5-4-10(7-15)12(6-11)16(8-13(17)20-2)9-14(18)21-3/h4-6H,8-9H2,1-3H3. The van der Waals surface area contributed by atoms with E-state index >= 15 is 0 Å². The highest BCUT2D eigenvalue weighted by Gasteiger charge is 2.19. The number of hydrogen-bond donors (Lipinski definition) is 0. The molecule has 0 amide bonds. The average molecular weight is 292 g/mol. The monoisotopic (exact) mass is 292 g/mol. The molecule has 0 atom stereocenters. The molecule has 0 saturated carbocycles. The first-order valence-corrected chi connectivity index (χ1v) is 6.02. The lowest BCUT2D eigenvalue weighted by Crippen LogP contribution is -2.36. The molecule has 0 spiro atoms. The molecular formula is C14H16N2O5. The first-order valence-electron chi connectivity index (χ1n) is 6.02. The summed E-state index contributed by atoms with van der Waals surface area (Å²) in [6.45, 7) is -0.374. The number of anilines is 1. The first kappa shape index (κ1) is 16.3. The van der Waals surface area contributed by atoms with Crippen molar-refractivity contribution >= 4 is 17.6 Å². The summed E-state index contributed by atoms with van der Waals surface area (Å²) in [4.78, 5) is 24.4. The molecule has 0 heterocycles. The van der Waals surface area contributed by atoms with E-state index in [1.807, 2.05) is 6.07 Å². The van der Waals surface area contributed by atoms with Gasteiger partial charge in [0, 0.05) is 6.07 Å². The second-order valence-electron chi connectivity index (χ2n) is 4.00. The van der Waals surface area contributed by atoms with Crippen LogP contribution in [0.5, 0.6) is 5.75 Å². The molecule has 1 aromatic rings. The molecule has 0 bridgehead atoms. The third-order valence-corrected chi connectivity index (χ3v) is 2.76. The van der Waals surface area contributed by atoms with Crippen LogP contribution in [0.4, 0.5) is 5.69 Å². The van der Waals surface area contributed by atoms with Crippen molar-refractivity contribution in [2.45, 2.75) is 0 Å². The van der Waals surface area contributed by atoms with Crippen LogP contribution < -0.4 is 9.64 Å². The fourth-order valence-electron chi connectivity index (χ4n) is 1.66. The van der Waals surface area contributed by atoms with Gasteiger partial charge in [0.15, 0.2) is 0 Å². The zero-order chi connectivity index (χ0) is 15.8. The van der Waals surface area contributed by atoms with E-state index in [2.05, 4.69) is 9.47 Å². The van der Waals surface area contributed by atoms with E-state index in [0.29, 0.717) is 17.0 Å². The molecule has 21 heavy (non-hydrogen) atoms. The van der Waals surface area contributed by atoms with Crippen molar-refractivity contribution in [3.8, 4) is 11.8 Å². The van der Waals surface area contributed by atoms with E-state index in [9.17, 15) is 9.59 Å². The van der Waals surface area contributed by atoms with Crippen LogP contribution in [0.3, 0.4) is 0 Å². The number of rotatable bonds is 6. The Kier molecular flexibility index (Phi) is 6.01. The van der Waals surface area contributed by atoms with Gasteiger partial charge in [-0.25, -0.2) is 0 Å². The van der Waals surface area contributed by atoms with E-state index in [-0.39, 0.29) is 13.1 Å². The van der Waals surface area contributed by atoms with Crippen LogP contribution in [0, 0.1) is 11.3 Å². The minimum absolute atomic E-state index is 0.187. The maximum Gasteiger partial charge on any atom is 0.325 e. The maximum atomic E-state index is 11.5. The fourth-order valence-corrected chi connectivity index (χ4v) is 1.66. The lowest BCUT2D eigenvalue weighted by Gasteiger charge is -2.23. The molecule has 112 valence electrons. The van der Waals surface area contributed by atoms with Crippen molar-refractivity contribution in [3.05, 3.63) is 23.8 Å². The van der Waals surface area contributed by atoms with E-state index in [1.54, 1.807) is 18.2 Å². The highest BCUT2D eigenvalue weighted by atomic mass is 16.5. The summed E-state index contributed by atoms with van der Waals surface area (Å²) in [5, 5.41) is 9.16. The summed E-state index contributed by atoms with van der Waals surface area (Å²) in [6.07, 6.45) is 0. The summed E-state index contributed by atoms with van der Waals surface area (Å²) >= 11 is 0. The minimum atomic E-state index is -0.536. The number of ether oxygens (including phenoxy) is 3. The molecule has 0 unspecified atom stereocenters. The first-order chi connectivity index (χ1) is 10.0. The van der Waals surface area contributed by atoms with Gasteiger partial charge in [-0.15, -0.1) is 0 Å². The zero-order valence-electron chi connectivity index (χ0n) is 12.1. The van der Waals surface area contributed by atoms with Gasteiger partial charge in [0.25, 0.3) is 0 Å². The Bertz CT molecular complexity index is 547. The zero-order valence-corrected chi connectivity index (χ0v) is 12.1. The highest BCUT2D eigenvalue weighted by molar-refractivity contribution is 5.82. The van der Waals surface area contributed by atoms with Gasteiger partial charge < -0.3 is 19.1 Å². The van der Waals surface area contributed by atoms with Crippen molar-refractivity contribution in [3.63, 3.8) is 0 Å². The van der Waals surface area contributed by atoms with Crippen LogP contribution in [-0.2, 0) is 19.1 Å². The number of esters is 2. The maximum absolute atomic E-state index is 11.5. The Labute approximate surface area is 122 Å². The lowest BCUT2D eigenvalue weighted by atomic mass is 10.1. The largest absolute Gasteiger partial charge is 0.497 e. The topological polar surface area (TPSA) is 88.9 Å². The van der Waals surface area contributed by atoms with Gasteiger partial charge in [0.2, 0.25) is 0 Å². The summed E-state index contributed by atoms with van der Waals surface area (Å²) in [7, 11) is 3.97. The average Bonchev–Trinajstić information content (AvgIpc) is 2.52. The van der Waals surface area contributed by atoms with Gasteiger partial charge in [-0.2, -0.15) is 5.26 Å². The normalized spacial score (nSPS) is 9.43. The Morgan fingerprint density at radius 1 is 1.14 bits per heavy atom. The summed E-state index contributed by atoms with van der Waals surface area (Å²) in [5.74, 6) is -0.569. The van der Waals surface area contributed by atoms with Crippen molar-refractivity contribution in [1.82, 2.24) is 0 Å². The summed E-state index contributed by atoms with van der Waals surface area (Å²) in [5.41, 5.74) is 0.705. The number of benzene rings is 1. The molecule has 7 nitrogen and oxygen atoms in total. The minimum Gasteiger partial charge on any atom is -0.497 e. The SMILES string of the molecule is COC(=O)CN(CC(=O)OC)c1cc(OC)ccc1C#N. The van der Waals surface area contributed by atoms with Gasteiger partial charge in [-0.1, -0.05) is 0 Å². The molecule has 0 aliphatic heterocycles. The predicted octanol–water partition coefficient (Wildman–Crippen LogP) is 0.719. The van der Waals surface area contributed by atoms with Crippen molar-refractivity contribution < 1.29 is 23.8 Å². The number of nitrogens with zero attached hydrogens (tertiary/aromatic N) is 2. The van der Waals surface area contributed by atoms with Crippen LogP contribution in [-0.4, -0.2) is 46.4 Å². The van der Waals surface area contributed by atoms with Gasteiger partial charge in [0.1, 0.15) is 24.9 Å². The second-order valence-corrected chi connectivity index (χ2v) is 4.00. The summed E-state index contributed by atoms with van der Waals surface area (Å²) in [6, 6.07) is 6.76. The van der Waals surface area contributed by atoms with Crippen LogP contribution in [0.1, 0.15) is 5.56 Å². The number of carbonyl (C=O) groups is 2. The van der Waals surface area contributed by atoms with Crippen LogP contribution in [0.25, 0.3) is 0 Å². The van der Waals surface area contributed by atoms with Crippen molar-refractivity contribution in [2.24, 2.45) is 0 Å². The number of methoxy groups -OCH3 is 3. The van der Waals surface area contributed by atoms with E-state index in [4.69, 9.17) is 10.00 Å². The Morgan fingerprint density at radius 3 is 2.14 bits per heavy atom. The Balaban J connectivity index is 3.19. The molecule has 0 aromatic heterocycles. The Morgan fingerprint density at radius 2 is 1.71 bits per heavy atom. The van der Waals surface area contributed by atoms with Crippen LogP contribution in [0.15, 0.2) is 18.2 Å². The number of carbonyl (C=O) groups excluding carboxylic acids is 2. The fraction of sp³-hybridized carbons (Fsp3) is 0.357. The quantitative estimate of drug-likeness (QED) is 0.714. The third kappa shape index (κ3) is 4.38. The molecular weight excluding hydrogens is 276 g/mol. The van der Waals surface area contributed by atoms with Crippen LogP contribution in [0.2, 0.25) is 0 Å². The van der Waals surface area contributed by atoms with Crippen LogP contribution >= 0.6 is 0 Å². The molecule has 0 radical (unpaired) electrons. The van der Waals surface area contributed by atoms with Crippen molar-refractivity contribution in [1.29, 1.82) is 5.26 Å². The molecule has 1 rings (SSSR count). The molecule has 0 aliphatic carbocycles. The second kappa shape index (κ2) is 7.75. The summed E-state index contributed by atoms with van der Waals surface area (Å²) < 4.78 is 14.3. The molecule has 0 aliphatic rings. The molecule has 0 saturated heterocycles. The smallest absolute Gasteiger partial charge is 0.325 e. The highest BCUT2D eigenvalue weighted by Crippen LogP contribution is 2.25. The molecule has 1 aromatic carbocycles. The molecule has 0 N–H and O–H groups in total. The molecule has 7 heteroatoms. The lowest BCUT2D eigenvalue weighted by molar-refractivity contribution is -0.140. The van der Waals surface area contributed by atoms with Gasteiger partial charge in [0.05, 0.1) is 32.6 Å². The predicted molar refractivity (Wildman–Crippen MR) is 74.0 cm³/mol. The van der Waals surface area contributed by atoms with Gasteiger partial charge in [-0.3, -0.25) is 9.59 Å². The Hall–Kier alpha value is -2.75.